The van der Waals surface area contributed by atoms with Gasteiger partial charge in [-0.3, -0.25) is 4.79 Å². The minimum atomic E-state index is -1.49. The number of rotatable bonds is 6. The second-order valence-electron chi connectivity index (χ2n) is 7.76. The molecule has 33 heavy (non-hydrogen) atoms. The Morgan fingerprint density at radius 3 is 2.42 bits per heavy atom. The number of hydrogen-bond acceptors (Lipinski definition) is 8. The van der Waals surface area contributed by atoms with E-state index in [-0.39, 0.29) is 17.3 Å². The molecule has 9 nitrogen and oxygen atoms in total. The molecule has 0 spiro atoms. The number of methoxy groups -OCH3 is 2. The second kappa shape index (κ2) is 11.1. The summed E-state index contributed by atoms with van der Waals surface area (Å²) in [5.74, 6) is -3.77. The SMILES string of the molecule is COC(=O)C1=C(NC2CCCCC2)C(C#N)C(=O)N(/N=C/c2ccc(Br)cc2)C1C(=O)OC. The first kappa shape index (κ1) is 24.5. The standard InChI is InChI=1S/C23H25BrN4O5/c1-32-22(30)18-19(27-16-6-4-3-5-7-16)17(12-25)21(29)28(20(18)23(31)33-2)26-13-14-8-10-15(24)11-9-14/h8-11,13,16-17,20,27H,3-7H2,1-2H3/b26-13+. The molecule has 3 rings (SSSR count). The number of hydrogen-bond donors (Lipinski definition) is 1. The van der Waals surface area contributed by atoms with E-state index in [4.69, 9.17) is 9.47 Å². The molecule has 1 aliphatic carbocycles. The van der Waals surface area contributed by atoms with Gasteiger partial charge in [0.05, 0.1) is 37.8 Å². The van der Waals surface area contributed by atoms with E-state index >= 15 is 0 Å². The third-order valence-corrected chi connectivity index (χ3v) is 6.22. The number of nitrogens with one attached hydrogen (secondary N) is 1. The van der Waals surface area contributed by atoms with Crippen molar-refractivity contribution >= 4 is 40.0 Å². The summed E-state index contributed by atoms with van der Waals surface area (Å²) in [7, 11) is 2.33. The number of carbonyl (C=O) groups is 3. The van der Waals surface area contributed by atoms with Gasteiger partial charge in [-0.2, -0.15) is 10.4 Å². The number of benzene rings is 1. The molecule has 2 unspecified atom stereocenters. The maximum absolute atomic E-state index is 13.3. The van der Waals surface area contributed by atoms with Crippen molar-refractivity contribution in [3.63, 3.8) is 0 Å². The molecule has 0 bridgehead atoms. The summed E-state index contributed by atoms with van der Waals surface area (Å²) in [4.78, 5) is 39.0. The van der Waals surface area contributed by atoms with Crippen LogP contribution in [-0.2, 0) is 23.9 Å². The van der Waals surface area contributed by atoms with Crippen LogP contribution in [-0.4, -0.2) is 55.4 Å². The lowest BCUT2D eigenvalue weighted by molar-refractivity contribution is -0.155. The molecule has 2 aliphatic rings. The molecular formula is C23H25BrN4O5. The Morgan fingerprint density at radius 2 is 1.85 bits per heavy atom. The van der Waals surface area contributed by atoms with Gasteiger partial charge in [-0.05, 0) is 30.5 Å². The molecular weight excluding hydrogens is 492 g/mol. The summed E-state index contributed by atoms with van der Waals surface area (Å²) in [6, 6.07) is 7.55. The predicted molar refractivity (Wildman–Crippen MR) is 123 cm³/mol. The van der Waals surface area contributed by atoms with E-state index in [0.29, 0.717) is 5.56 Å². The molecule has 0 saturated heterocycles. The normalized spacial score (nSPS) is 21.6. The fourth-order valence-corrected chi connectivity index (χ4v) is 4.28. The Morgan fingerprint density at radius 1 is 1.18 bits per heavy atom. The molecule has 0 aromatic heterocycles. The summed E-state index contributed by atoms with van der Waals surface area (Å²) in [6.07, 6.45) is 6.13. The minimum absolute atomic E-state index is 0.0202. The van der Waals surface area contributed by atoms with Crippen LogP contribution in [0.5, 0.6) is 0 Å². The Kier molecular flexibility index (Phi) is 8.22. The maximum atomic E-state index is 13.3. The van der Waals surface area contributed by atoms with Gasteiger partial charge in [0, 0.05) is 10.5 Å². The van der Waals surface area contributed by atoms with Crippen molar-refractivity contribution in [2.75, 3.05) is 14.2 Å². The average Bonchev–Trinajstić information content (AvgIpc) is 2.84. The van der Waals surface area contributed by atoms with Gasteiger partial charge in [-0.15, -0.1) is 0 Å². The van der Waals surface area contributed by atoms with Crippen molar-refractivity contribution < 1.29 is 23.9 Å². The monoisotopic (exact) mass is 516 g/mol. The van der Waals surface area contributed by atoms with Gasteiger partial charge in [-0.25, -0.2) is 14.6 Å². The molecule has 1 saturated carbocycles. The average molecular weight is 517 g/mol. The van der Waals surface area contributed by atoms with E-state index in [0.717, 1.165) is 48.7 Å². The summed E-state index contributed by atoms with van der Waals surface area (Å²) < 4.78 is 10.7. The minimum Gasteiger partial charge on any atom is -0.467 e. The topological polar surface area (TPSA) is 121 Å². The number of nitrogens with zero attached hydrogens (tertiary/aromatic N) is 3. The first-order valence-electron chi connectivity index (χ1n) is 10.6. The van der Waals surface area contributed by atoms with Crippen LogP contribution < -0.4 is 5.32 Å². The van der Waals surface area contributed by atoms with Crippen LogP contribution in [0.25, 0.3) is 0 Å². The number of esters is 2. The van der Waals surface area contributed by atoms with Crippen LogP contribution in [0.1, 0.15) is 37.7 Å². The van der Waals surface area contributed by atoms with Gasteiger partial charge >= 0.3 is 11.9 Å². The van der Waals surface area contributed by atoms with E-state index < -0.39 is 29.8 Å². The van der Waals surface area contributed by atoms with Crippen molar-refractivity contribution in [3.05, 3.63) is 45.6 Å². The Balaban J connectivity index is 2.10. The molecule has 10 heteroatoms. The molecule has 1 aromatic rings. The van der Waals surface area contributed by atoms with Gasteiger partial charge in [0.1, 0.15) is 0 Å². The summed E-state index contributed by atoms with van der Waals surface area (Å²) >= 11 is 3.35. The fraction of sp³-hybridized carbons (Fsp3) is 0.435. The zero-order valence-electron chi connectivity index (χ0n) is 18.4. The van der Waals surface area contributed by atoms with Crippen LogP contribution in [0.2, 0.25) is 0 Å². The van der Waals surface area contributed by atoms with E-state index in [1.807, 2.05) is 6.07 Å². The van der Waals surface area contributed by atoms with Crippen molar-refractivity contribution in [3.8, 4) is 6.07 Å². The molecule has 1 fully saturated rings. The van der Waals surface area contributed by atoms with Gasteiger partial charge < -0.3 is 14.8 Å². The number of ether oxygens (including phenoxy) is 2. The highest BCUT2D eigenvalue weighted by Crippen LogP contribution is 2.32. The highest BCUT2D eigenvalue weighted by Gasteiger charge is 2.49. The van der Waals surface area contributed by atoms with Crippen LogP contribution in [0.15, 0.2) is 45.1 Å². The largest absolute Gasteiger partial charge is 0.467 e. The molecule has 2 atom stereocenters. The third kappa shape index (κ3) is 5.42. The smallest absolute Gasteiger partial charge is 0.338 e. The third-order valence-electron chi connectivity index (χ3n) is 5.69. The quantitative estimate of drug-likeness (QED) is 0.455. The number of halogens is 1. The lowest BCUT2D eigenvalue weighted by Crippen LogP contribution is -2.55. The number of carbonyl (C=O) groups excluding carboxylic acids is 3. The molecule has 1 aliphatic heterocycles. The summed E-state index contributed by atoms with van der Waals surface area (Å²) in [5.41, 5.74) is 0.596. The summed E-state index contributed by atoms with van der Waals surface area (Å²) in [6.45, 7) is 0. The van der Waals surface area contributed by atoms with Gasteiger partial charge in [-0.1, -0.05) is 47.3 Å². The molecule has 0 radical (unpaired) electrons. The molecule has 1 N–H and O–H groups in total. The van der Waals surface area contributed by atoms with Gasteiger partial charge in [0.15, 0.2) is 12.0 Å². The van der Waals surface area contributed by atoms with Crippen LogP contribution >= 0.6 is 15.9 Å². The summed E-state index contributed by atoms with van der Waals surface area (Å²) in [5, 5.41) is 18.1. The Hall–Kier alpha value is -3.19. The fourth-order valence-electron chi connectivity index (χ4n) is 4.02. The molecule has 174 valence electrons. The number of amides is 1. The highest BCUT2D eigenvalue weighted by atomic mass is 79.9. The van der Waals surface area contributed by atoms with Crippen LogP contribution in [0.3, 0.4) is 0 Å². The van der Waals surface area contributed by atoms with E-state index in [9.17, 15) is 19.6 Å². The van der Waals surface area contributed by atoms with Crippen molar-refractivity contribution in [1.82, 2.24) is 10.3 Å². The van der Waals surface area contributed by atoms with Crippen molar-refractivity contribution in [1.29, 1.82) is 5.26 Å². The van der Waals surface area contributed by atoms with E-state index in [1.165, 1.54) is 13.3 Å². The lowest BCUT2D eigenvalue weighted by atomic mass is 9.88. The van der Waals surface area contributed by atoms with Gasteiger partial charge in [0.2, 0.25) is 0 Å². The van der Waals surface area contributed by atoms with E-state index in [2.05, 4.69) is 26.3 Å². The number of hydrazone groups is 1. The second-order valence-corrected chi connectivity index (χ2v) is 8.68. The van der Waals surface area contributed by atoms with Gasteiger partial charge in [0.25, 0.3) is 5.91 Å². The predicted octanol–water partition coefficient (Wildman–Crippen LogP) is 2.66. The highest BCUT2D eigenvalue weighted by molar-refractivity contribution is 9.10. The molecule has 1 amide bonds. The lowest BCUT2D eigenvalue weighted by Gasteiger charge is -2.37. The zero-order valence-corrected chi connectivity index (χ0v) is 20.0. The first-order valence-corrected chi connectivity index (χ1v) is 11.4. The van der Waals surface area contributed by atoms with Crippen LogP contribution in [0.4, 0.5) is 0 Å². The molecule has 1 heterocycles. The van der Waals surface area contributed by atoms with Crippen LogP contribution in [0, 0.1) is 17.2 Å². The Bertz CT molecular complexity index is 1010. The number of nitriles is 1. The maximum Gasteiger partial charge on any atom is 0.338 e. The zero-order chi connectivity index (χ0) is 24.0. The van der Waals surface area contributed by atoms with E-state index in [1.54, 1.807) is 24.3 Å². The molecule has 1 aromatic carbocycles. The van der Waals surface area contributed by atoms with Crippen molar-refractivity contribution in [2.24, 2.45) is 11.0 Å². The first-order chi connectivity index (χ1) is 15.9. The Labute approximate surface area is 200 Å². The van der Waals surface area contributed by atoms with Crippen molar-refractivity contribution in [2.45, 2.75) is 44.2 Å².